The van der Waals surface area contributed by atoms with Crippen molar-refractivity contribution >= 4 is 17.7 Å². The molecule has 1 saturated heterocycles. The number of piperidine rings is 1. The molecule has 0 spiro atoms. The van der Waals surface area contributed by atoms with Crippen molar-refractivity contribution in [1.29, 1.82) is 0 Å². The lowest BCUT2D eigenvalue weighted by Crippen LogP contribution is -2.45. The number of hydrogen-bond donors (Lipinski definition) is 0. The monoisotopic (exact) mass is 211 g/mol. The molecule has 5 heteroatoms. The molecule has 0 aromatic carbocycles. The van der Waals surface area contributed by atoms with Gasteiger partial charge in [-0.3, -0.25) is 9.59 Å². The van der Waals surface area contributed by atoms with Gasteiger partial charge in [-0.05, 0) is 25.7 Å². The number of methoxy groups -OCH3 is 1. The van der Waals surface area contributed by atoms with Gasteiger partial charge in [-0.15, -0.1) is 0 Å². The number of ketones is 1. The summed E-state index contributed by atoms with van der Waals surface area (Å²) in [4.78, 5) is 35.4. The van der Waals surface area contributed by atoms with Crippen LogP contribution < -0.4 is 0 Å². The van der Waals surface area contributed by atoms with E-state index in [1.54, 1.807) is 0 Å². The van der Waals surface area contributed by atoms with Gasteiger partial charge >= 0.3 is 11.9 Å². The number of carbonyl (C=O) groups is 3. The summed E-state index contributed by atoms with van der Waals surface area (Å²) < 4.78 is 4.38. The summed E-state index contributed by atoms with van der Waals surface area (Å²) in [7, 11) is 1.17. The fourth-order valence-electron chi connectivity index (χ4n) is 2.30. The van der Waals surface area contributed by atoms with Crippen LogP contribution in [-0.2, 0) is 19.1 Å². The summed E-state index contributed by atoms with van der Waals surface area (Å²) >= 11 is 0. The molecule has 0 N–H and O–H groups in total. The van der Waals surface area contributed by atoms with E-state index < -0.39 is 17.9 Å². The quantitative estimate of drug-likeness (QED) is 0.442. The van der Waals surface area contributed by atoms with Crippen LogP contribution in [0.3, 0.4) is 0 Å². The molecule has 0 radical (unpaired) electrons. The first-order chi connectivity index (χ1) is 7.06. The van der Waals surface area contributed by atoms with Crippen LogP contribution >= 0.6 is 0 Å². The average Bonchev–Trinajstić information content (AvgIpc) is 2.87. The number of likely N-dealkylation sites (tertiary alicyclic amines) is 1. The van der Waals surface area contributed by atoms with Crippen LogP contribution in [0.25, 0.3) is 0 Å². The van der Waals surface area contributed by atoms with Crippen LogP contribution in [0.2, 0.25) is 0 Å². The molecular weight excluding hydrogens is 198 g/mol. The third-order valence-corrected chi connectivity index (χ3v) is 3.17. The highest BCUT2D eigenvalue weighted by Crippen LogP contribution is 2.47. The Labute approximate surface area is 87.4 Å². The zero-order chi connectivity index (χ0) is 11.2. The molecule has 1 saturated carbocycles. The first-order valence-corrected chi connectivity index (χ1v) is 4.97. The zero-order valence-corrected chi connectivity index (χ0v) is 8.73. The van der Waals surface area contributed by atoms with Crippen molar-refractivity contribution in [1.82, 2.24) is 4.90 Å². The van der Waals surface area contributed by atoms with Gasteiger partial charge in [0.15, 0.2) is 5.78 Å². The Kier molecular flexibility index (Phi) is 2.25. The van der Waals surface area contributed by atoms with Gasteiger partial charge in [0.25, 0.3) is 0 Å². The van der Waals surface area contributed by atoms with Crippen molar-refractivity contribution in [2.75, 3.05) is 7.11 Å². The SMILES string of the molecule is COC(=O)C(=O)N1[C@@H]2C[C@@H]2C[C@H]1C(C)=O. The molecule has 5 nitrogen and oxygen atoms in total. The molecule has 0 aromatic heterocycles. The van der Waals surface area contributed by atoms with Crippen molar-refractivity contribution in [2.24, 2.45) is 5.92 Å². The van der Waals surface area contributed by atoms with Gasteiger partial charge in [-0.2, -0.15) is 0 Å². The van der Waals surface area contributed by atoms with Crippen LogP contribution in [-0.4, -0.2) is 41.8 Å². The van der Waals surface area contributed by atoms with Crippen LogP contribution in [0.4, 0.5) is 0 Å². The van der Waals surface area contributed by atoms with Crippen molar-refractivity contribution in [3.8, 4) is 0 Å². The Hall–Kier alpha value is -1.39. The molecule has 0 aromatic rings. The maximum atomic E-state index is 11.6. The number of fused-ring (bicyclic) bond motifs is 1. The summed E-state index contributed by atoms with van der Waals surface area (Å²) in [6, 6.07) is -0.328. The molecule has 1 aliphatic carbocycles. The molecular formula is C10H13NO4. The summed E-state index contributed by atoms with van der Waals surface area (Å²) in [5, 5.41) is 0. The van der Waals surface area contributed by atoms with Gasteiger partial charge in [0.2, 0.25) is 0 Å². The van der Waals surface area contributed by atoms with Crippen molar-refractivity contribution < 1.29 is 19.1 Å². The summed E-state index contributed by atoms with van der Waals surface area (Å²) in [5.41, 5.74) is 0. The average molecular weight is 211 g/mol. The lowest BCUT2D eigenvalue weighted by molar-refractivity contribution is -0.159. The number of Topliss-reactive ketones (excluding diaryl/α,β-unsaturated/α-hetero) is 1. The molecule has 3 atom stereocenters. The van der Waals surface area contributed by atoms with E-state index in [9.17, 15) is 14.4 Å². The van der Waals surface area contributed by atoms with E-state index in [2.05, 4.69) is 4.74 Å². The molecule has 2 fully saturated rings. The van der Waals surface area contributed by atoms with Gasteiger partial charge in [0.1, 0.15) is 0 Å². The number of carbonyl (C=O) groups excluding carboxylic acids is 3. The maximum Gasteiger partial charge on any atom is 0.396 e. The standard InChI is InChI=1S/C10H13NO4/c1-5(12)7-3-6-4-8(6)11(7)9(13)10(14)15-2/h6-8H,3-4H2,1-2H3/t6-,7-,8+/m0/s1. The number of ether oxygens (including phenoxy) is 1. The summed E-state index contributed by atoms with van der Waals surface area (Å²) in [6.07, 6.45) is 1.61. The lowest BCUT2D eigenvalue weighted by Gasteiger charge is -2.24. The van der Waals surface area contributed by atoms with Gasteiger partial charge in [0.05, 0.1) is 13.2 Å². The second-order valence-corrected chi connectivity index (χ2v) is 4.13. The molecule has 15 heavy (non-hydrogen) atoms. The summed E-state index contributed by atoms with van der Waals surface area (Å²) in [5.74, 6) is -1.21. The highest BCUT2D eigenvalue weighted by atomic mass is 16.5. The Bertz CT molecular complexity index is 338. The largest absolute Gasteiger partial charge is 0.462 e. The third kappa shape index (κ3) is 1.52. The van der Waals surface area contributed by atoms with E-state index in [1.807, 2.05) is 0 Å². The first-order valence-electron chi connectivity index (χ1n) is 4.97. The summed E-state index contributed by atoms with van der Waals surface area (Å²) in [6.45, 7) is 1.45. The topological polar surface area (TPSA) is 63.7 Å². The third-order valence-electron chi connectivity index (χ3n) is 3.17. The Morgan fingerprint density at radius 1 is 1.27 bits per heavy atom. The predicted octanol–water partition coefficient (Wildman–Crippen LogP) is -0.262. The van der Waals surface area contributed by atoms with Gasteiger partial charge < -0.3 is 9.64 Å². The molecule has 1 amide bonds. The lowest BCUT2D eigenvalue weighted by atomic mass is 10.1. The van der Waals surface area contributed by atoms with E-state index in [0.29, 0.717) is 12.3 Å². The van der Waals surface area contributed by atoms with E-state index in [0.717, 1.165) is 6.42 Å². The fourth-order valence-corrected chi connectivity index (χ4v) is 2.30. The second kappa shape index (κ2) is 3.32. The Balaban J connectivity index is 2.15. The van der Waals surface area contributed by atoms with Crippen molar-refractivity contribution in [3.63, 3.8) is 0 Å². The molecule has 0 bridgehead atoms. The molecule has 2 aliphatic rings. The molecule has 1 heterocycles. The second-order valence-electron chi connectivity index (χ2n) is 4.13. The molecule has 82 valence electrons. The van der Waals surface area contributed by atoms with E-state index in [4.69, 9.17) is 0 Å². The predicted molar refractivity (Wildman–Crippen MR) is 49.8 cm³/mol. The molecule has 0 unspecified atom stereocenters. The number of hydrogen-bond acceptors (Lipinski definition) is 4. The molecule has 2 rings (SSSR count). The Morgan fingerprint density at radius 2 is 1.93 bits per heavy atom. The van der Waals surface area contributed by atoms with Crippen LogP contribution in [0.1, 0.15) is 19.8 Å². The fraction of sp³-hybridized carbons (Fsp3) is 0.700. The maximum absolute atomic E-state index is 11.6. The molecule has 1 aliphatic heterocycles. The highest BCUT2D eigenvalue weighted by Gasteiger charge is 2.56. The van der Waals surface area contributed by atoms with Crippen LogP contribution in [0.15, 0.2) is 0 Å². The van der Waals surface area contributed by atoms with Crippen LogP contribution in [0.5, 0.6) is 0 Å². The number of amides is 1. The number of rotatable bonds is 1. The number of nitrogens with zero attached hydrogens (tertiary/aromatic N) is 1. The minimum atomic E-state index is -0.881. The zero-order valence-electron chi connectivity index (χ0n) is 8.73. The highest BCUT2D eigenvalue weighted by molar-refractivity contribution is 6.33. The van der Waals surface area contributed by atoms with E-state index in [1.165, 1.54) is 18.9 Å². The van der Waals surface area contributed by atoms with E-state index >= 15 is 0 Å². The van der Waals surface area contributed by atoms with Gasteiger partial charge in [0, 0.05) is 6.04 Å². The Morgan fingerprint density at radius 3 is 2.47 bits per heavy atom. The normalized spacial score (nSPS) is 32.1. The minimum absolute atomic E-state index is 0.0561. The van der Waals surface area contributed by atoms with Gasteiger partial charge in [-0.25, -0.2) is 4.79 Å². The number of esters is 1. The van der Waals surface area contributed by atoms with Crippen molar-refractivity contribution in [2.45, 2.75) is 31.8 Å². The first kappa shape index (κ1) is 10.1. The van der Waals surface area contributed by atoms with Gasteiger partial charge in [-0.1, -0.05) is 0 Å². The van der Waals surface area contributed by atoms with Crippen molar-refractivity contribution in [3.05, 3.63) is 0 Å². The van der Waals surface area contributed by atoms with E-state index in [-0.39, 0.29) is 11.8 Å². The smallest absolute Gasteiger partial charge is 0.396 e. The minimum Gasteiger partial charge on any atom is -0.462 e. The van der Waals surface area contributed by atoms with Crippen LogP contribution in [0, 0.1) is 5.92 Å².